The fourth-order valence-electron chi connectivity index (χ4n) is 3.21. The average molecular weight is 421 g/mol. The van der Waals surface area contributed by atoms with Gasteiger partial charge in [0.2, 0.25) is 0 Å². The Kier molecular flexibility index (Phi) is 7.15. The molecule has 2 aromatic heterocycles. The molecule has 0 saturated heterocycles. The number of pyridine rings is 1. The Hall–Kier alpha value is -3.24. The number of rotatable bonds is 8. The van der Waals surface area contributed by atoms with E-state index in [1.807, 2.05) is 18.2 Å². The minimum Gasteiger partial charge on any atom is -0.492 e. The lowest BCUT2D eigenvalue weighted by Crippen LogP contribution is -2.12. The van der Waals surface area contributed by atoms with Crippen LogP contribution in [0.4, 0.5) is 5.82 Å². The number of amides is 1. The number of hydrogen-bond acceptors (Lipinski definition) is 6. The Morgan fingerprint density at radius 1 is 1.17 bits per heavy atom. The van der Waals surface area contributed by atoms with E-state index in [0.717, 1.165) is 17.5 Å². The summed E-state index contributed by atoms with van der Waals surface area (Å²) in [6.07, 6.45) is 4.28. The van der Waals surface area contributed by atoms with Gasteiger partial charge in [-0.15, -0.1) is 11.3 Å². The van der Waals surface area contributed by atoms with Crippen LogP contribution in [-0.2, 0) is 0 Å². The zero-order valence-corrected chi connectivity index (χ0v) is 18.1. The van der Waals surface area contributed by atoms with Gasteiger partial charge in [-0.25, -0.2) is 9.97 Å². The molecular formula is C23H24N4O2S. The van der Waals surface area contributed by atoms with Crippen LogP contribution in [0, 0.1) is 23.2 Å². The van der Waals surface area contributed by atoms with Gasteiger partial charge in [-0.1, -0.05) is 26.8 Å². The van der Waals surface area contributed by atoms with Crippen molar-refractivity contribution in [3.05, 3.63) is 58.7 Å². The summed E-state index contributed by atoms with van der Waals surface area (Å²) >= 11 is 1.27. The normalized spacial score (nSPS) is 11.7. The van der Waals surface area contributed by atoms with Gasteiger partial charge in [0.05, 0.1) is 12.2 Å². The molecule has 1 N–H and O–H groups in total. The van der Waals surface area contributed by atoms with Crippen molar-refractivity contribution in [3.8, 4) is 22.9 Å². The van der Waals surface area contributed by atoms with Crippen molar-refractivity contribution in [2.45, 2.75) is 27.2 Å². The van der Waals surface area contributed by atoms with Crippen LogP contribution < -0.4 is 10.1 Å². The van der Waals surface area contributed by atoms with E-state index in [2.05, 4.69) is 42.1 Å². The lowest BCUT2D eigenvalue weighted by molar-refractivity contribution is 0.102. The van der Waals surface area contributed by atoms with Crippen LogP contribution >= 0.6 is 11.3 Å². The number of nitriles is 1. The first-order chi connectivity index (χ1) is 14.5. The number of carbonyl (C=O) groups excluding carboxylic acids is 1. The Morgan fingerprint density at radius 3 is 2.67 bits per heavy atom. The van der Waals surface area contributed by atoms with E-state index in [9.17, 15) is 10.1 Å². The van der Waals surface area contributed by atoms with Crippen molar-refractivity contribution in [1.82, 2.24) is 9.97 Å². The van der Waals surface area contributed by atoms with Crippen molar-refractivity contribution in [2.24, 2.45) is 11.8 Å². The van der Waals surface area contributed by atoms with Gasteiger partial charge in [0, 0.05) is 17.8 Å². The van der Waals surface area contributed by atoms with Gasteiger partial charge in [-0.3, -0.25) is 4.79 Å². The van der Waals surface area contributed by atoms with Gasteiger partial charge >= 0.3 is 0 Å². The summed E-state index contributed by atoms with van der Waals surface area (Å²) < 4.78 is 5.90. The molecule has 1 amide bonds. The Labute approximate surface area is 180 Å². The number of aromatic nitrogens is 2. The number of benzene rings is 1. The molecule has 0 fully saturated rings. The lowest BCUT2D eigenvalue weighted by atomic mass is 10.00. The molecule has 6 nitrogen and oxygen atoms in total. The molecule has 0 aliphatic rings. The van der Waals surface area contributed by atoms with Gasteiger partial charge in [0.1, 0.15) is 17.6 Å². The van der Waals surface area contributed by atoms with Crippen LogP contribution in [0.1, 0.15) is 42.6 Å². The predicted octanol–water partition coefficient (Wildman–Crippen LogP) is 5.39. The average Bonchev–Trinajstić information content (AvgIpc) is 3.27. The van der Waals surface area contributed by atoms with E-state index in [0.29, 0.717) is 40.6 Å². The molecule has 1 aromatic carbocycles. The van der Waals surface area contributed by atoms with E-state index in [1.165, 1.54) is 11.3 Å². The fraction of sp³-hybridized carbons (Fsp3) is 0.304. The number of nitrogens with zero attached hydrogens (tertiary/aromatic N) is 3. The highest BCUT2D eigenvalue weighted by molar-refractivity contribution is 7.11. The quantitative estimate of drug-likeness (QED) is 0.528. The highest BCUT2D eigenvalue weighted by atomic mass is 32.1. The van der Waals surface area contributed by atoms with E-state index in [-0.39, 0.29) is 5.91 Å². The number of ether oxygens (including phenoxy) is 1. The summed E-state index contributed by atoms with van der Waals surface area (Å²) in [5, 5.41) is 14.4. The van der Waals surface area contributed by atoms with E-state index >= 15 is 0 Å². The summed E-state index contributed by atoms with van der Waals surface area (Å²) in [5.74, 6) is 1.74. The number of anilines is 1. The molecule has 30 heavy (non-hydrogen) atoms. The summed E-state index contributed by atoms with van der Waals surface area (Å²) in [6.45, 7) is 7.11. The summed E-state index contributed by atoms with van der Waals surface area (Å²) in [7, 11) is 0. The highest BCUT2D eigenvalue weighted by Gasteiger charge is 2.12. The maximum absolute atomic E-state index is 12.2. The van der Waals surface area contributed by atoms with Crippen LogP contribution in [0.2, 0.25) is 0 Å². The third-order valence-electron chi connectivity index (χ3n) is 4.46. The summed E-state index contributed by atoms with van der Waals surface area (Å²) in [4.78, 5) is 20.4. The van der Waals surface area contributed by atoms with Gasteiger partial charge in [0.25, 0.3) is 5.91 Å². The third-order valence-corrected chi connectivity index (χ3v) is 5.23. The minimum absolute atomic E-state index is 0.299. The second-order valence-corrected chi connectivity index (χ2v) is 8.48. The molecule has 2 heterocycles. The van der Waals surface area contributed by atoms with Gasteiger partial charge in [-0.2, -0.15) is 5.26 Å². The molecule has 1 atom stereocenters. The first kappa shape index (κ1) is 21.5. The predicted molar refractivity (Wildman–Crippen MR) is 119 cm³/mol. The van der Waals surface area contributed by atoms with Crippen LogP contribution in [0.15, 0.2) is 48.1 Å². The Morgan fingerprint density at radius 2 is 1.97 bits per heavy atom. The van der Waals surface area contributed by atoms with Crippen LogP contribution in [-0.4, -0.2) is 22.5 Å². The maximum Gasteiger partial charge on any atom is 0.285 e. The zero-order chi connectivity index (χ0) is 21.5. The molecule has 3 rings (SSSR count). The second kappa shape index (κ2) is 9.99. The molecule has 154 valence electrons. The topological polar surface area (TPSA) is 87.9 Å². The number of carbonyl (C=O) groups is 1. The first-order valence-corrected chi connectivity index (χ1v) is 10.7. The van der Waals surface area contributed by atoms with Gasteiger partial charge < -0.3 is 10.1 Å². The molecule has 0 radical (unpaired) electrons. The largest absolute Gasteiger partial charge is 0.492 e. The Bertz CT molecular complexity index is 1040. The van der Waals surface area contributed by atoms with Gasteiger partial charge in [-0.05, 0) is 53.6 Å². The van der Waals surface area contributed by atoms with E-state index < -0.39 is 0 Å². The molecule has 1 unspecified atom stereocenters. The van der Waals surface area contributed by atoms with E-state index in [4.69, 9.17) is 4.74 Å². The van der Waals surface area contributed by atoms with Crippen LogP contribution in [0.3, 0.4) is 0 Å². The fourth-order valence-corrected chi connectivity index (χ4v) is 3.74. The van der Waals surface area contributed by atoms with Crippen molar-refractivity contribution < 1.29 is 9.53 Å². The number of hydrogen-bond donors (Lipinski definition) is 1. The minimum atomic E-state index is -0.299. The lowest BCUT2D eigenvalue weighted by Gasteiger charge is -2.16. The molecular weight excluding hydrogens is 396 g/mol. The smallest absolute Gasteiger partial charge is 0.285 e. The van der Waals surface area contributed by atoms with Crippen molar-refractivity contribution in [2.75, 3.05) is 11.9 Å². The molecule has 7 heteroatoms. The first-order valence-electron chi connectivity index (χ1n) is 9.80. The maximum atomic E-state index is 12.2. The third kappa shape index (κ3) is 5.65. The summed E-state index contributed by atoms with van der Waals surface area (Å²) in [5.41, 5.74) is 2.17. The Balaban J connectivity index is 1.74. The van der Waals surface area contributed by atoms with Crippen LogP contribution in [0.25, 0.3) is 11.1 Å². The van der Waals surface area contributed by atoms with E-state index in [1.54, 1.807) is 29.9 Å². The summed E-state index contributed by atoms with van der Waals surface area (Å²) in [6, 6.07) is 11.4. The van der Waals surface area contributed by atoms with Crippen molar-refractivity contribution in [1.29, 1.82) is 5.26 Å². The van der Waals surface area contributed by atoms with Crippen LogP contribution in [0.5, 0.6) is 5.75 Å². The SMILES string of the molecule is CC(C)CC(C)COc1ccc(-c2ccnc(NC(=O)c3nccs3)c2)cc1C#N. The standard InChI is InChI=1S/C23H24N4O2S/c1-15(2)10-16(3)14-29-20-5-4-17(11-19(20)13-24)18-6-7-25-21(12-18)27-22(28)23-26-8-9-30-23/h4-9,11-12,15-16H,10,14H2,1-3H3,(H,25,27,28). The number of thiazole rings is 1. The van der Waals surface area contributed by atoms with Gasteiger partial charge in [0.15, 0.2) is 5.01 Å². The molecule has 0 aliphatic carbocycles. The second-order valence-electron chi connectivity index (χ2n) is 7.59. The number of nitrogens with one attached hydrogen (secondary N) is 1. The zero-order valence-electron chi connectivity index (χ0n) is 17.3. The molecule has 0 bridgehead atoms. The highest BCUT2D eigenvalue weighted by Crippen LogP contribution is 2.28. The monoisotopic (exact) mass is 420 g/mol. The molecule has 0 spiro atoms. The molecule has 0 aliphatic heterocycles. The van der Waals surface area contributed by atoms with Crippen molar-refractivity contribution >= 4 is 23.1 Å². The molecule has 3 aromatic rings. The van der Waals surface area contributed by atoms with Crippen molar-refractivity contribution in [3.63, 3.8) is 0 Å². The molecule has 0 saturated carbocycles.